The minimum atomic E-state index is -0.477. The van der Waals surface area contributed by atoms with Crippen molar-refractivity contribution in [2.24, 2.45) is 5.92 Å². The van der Waals surface area contributed by atoms with Gasteiger partial charge in [-0.1, -0.05) is 62.4 Å². The highest BCUT2D eigenvalue weighted by molar-refractivity contribution is 8.18. The zero-order valence-corrected chi connectivity index (χ0v) is 22.5. The molecule has 2 aliphatic rings. The van der Waals surface area contributed by atoms with Crippen molar-refractivity contribution in [2.75, 3.05) is 19.6 Å². The molecule has 3 amide bonds. The minimum Gasteiger partial charge on any atom is -0.341 e. The van der Waals surface area contributed by atoms with E-state index in [-0.39, 0.29) is 29.7 Å². The molecule has 196 valence electrons. The second-order valence-electron chi connectivity index (χ2n) is 10.00. The lowest BCUT2D eigenvalue weighted by Crippen LogP contribution is -2.39. The normalized spacial score (nSPS) is 17.7. The number of nitrogens with zero attached hydrogens (tertiary/aromatic N) is 3. The molecule has 0 saturated carbocycles. The topological polar surface area (TPSA) is 79.7 Å². The van der Waals surface area contributed by atoms with Gasteiger partial charge in [0.2, 0.25) is 5.91 Å². The van der Waals surface area contributed by atoms with Gasteiger partial charge >= 0.3 is 0 Å². The van der Waals surface area contributed by atoms with E-state index in [1.165, 1.54) is 0 Å². The number of carbonyl (C=O) groups is 4. The van der Waals surface area contributed by atoms with Crippen LogP contribution in [-0.2, 0) is 22.6 Å². The summed E-state index contributed by atoms with van der Waals surface area (Å²) in [5, 5.41) is 0.467. The number of imide groups is 1. The van der Waals surface area contributed by atoms with Gasteiger partial charge < -0.3 is 9.47 Å². The summed E-state index contributed by atoms with van der Waals surface area (Å²) < 4.78 is 1.98. The maximum Gasteiger partial charge on any atom is 0.293 e. The summed E-state index contributed by atoms with van der Waals surface area (Å²) in [6.45, 7) is 5.79. The number of benzene rings is 2. The van der Waals surface area contributed by atoms with Crippen LogP contribution in [-0.4, -0.2) is 56.8 Å². The third kappa shape index (κ3) is 5.18. The molecule has 0 N–H and O–H groups in total. The quantitative estimate of drug-likeness (QED) is 0.303. The molecule has 0 aliphatic carbocycles. The molecule has 3 aromatic rings. The lowest BCUT2D eigenvalue weighted by molar-refractivity contribution is -0.133. The number of likely N-dealkylation sites (tertiary alicyclic amines) is 1. The second-order valence-corrected chi connectivity index (χ2v) is 11.0. The van der Waals surface area contributed by atoms with Crippen LogP contribution in [0.1, 0.15) is 48.2 Å². The number of carbonyl (C=O) groups excluding carboxylic acids is 4. The smallest absolute Gasteiger partial charge is 0.293 e. The Morgan fingerprint density at radius 1 is 1.00 bits per heavy atom. The van der Waals surface area contributed by atoms with Crippen molar-refractivity contribution in [3.8, 4) is 0 Å². The lowest BCUT2D eigenvalue weighted by atomic mass is 9.99. The van der Waals surface area contributed by atoms with E-state index in [1.54, 1.807) is 36.4 Å². The molecular formula is C30H31N3O4S. The first-order chi connectivity index (χ1) is 18.4. The first-order valence-corrected chi connectivity index (χ1v) is 13.9. The van der Waals surface area contributed by atoms with E-state index in [4.69, 9.17) is 0 Å². The van der Waals surface area contributed by atoms with Crippen molar-refractivity contribution in [3.05, 3.63) is 76.3 Å². The van der Waals surface area contributed by atoms with Gasteiger partial charge in [-0.3, -0.25) is 24.1 Å². The van der Waals surface area contributed by atoms with Gasteiger partial charge in [0.05, 0.1) is 17.0 Å². The molecule has 2 fully saturated rings. The molecule has 8 heteroatoms. The lowest BCUT2D eigenvalue weighted by Gasteiger charge is -2.30. The number of hydrogen-bond donors (Lipinski definition) is 0. The van der Waals surface area contributed by atoms with Crippen molar-refractivity contribution in [2.45, 2.75) is 39.7 Å². The van der Waals surface area contributed by atoms with Crippen LogP contribution in [0.15, 0.2) is 59.6 Å². The number of Topliss-reactive ketones (excluding diaryl/α,β-unsaturated/α-hetero) is 1. The highest BCUT2D eigenvalue weighted by Crippen LogP contribution is 2.35. The van der Waals surface area contributed by atoms with E-state index in [2.05, 4.69) is 19.9 Å². The third-order valence-corrected chi connectivity index (χ3v) is 8.30. The highest BCUT2D eigenvalue weighted by Gasteiger charge is 2.36. The third-order valence-electron chi connectivity index (χ3n) is 7.39. The average molecular weight is 530 g/mol. The van der Waals surface area contributed by atoms with Crippen LogP contribution in [0.25, 0.3) is 17.0 Å². The fourth-order valence-corrected chi connectivity index (χ4v) is 5.96. The van der Waals surface area contributed by atoms with Crippen LogP contribution in [0.3, 0.4) is 0 Å². The zero-order valence-electron chi connectivity index (χ0n) is 21.7. The van der Waals surface area contributed by atoms with E-state index in [1.807, 2.05) is 27.8 Å². The van der Waals surface area contributed by atoms with Crippen LogP contribution < -0.4 is 0 Å². The van der Waals surface area contributed by atoms with Crippen molar-refractivity contribution in [1.29, 1.82) is 0 Å². The Hall–Kier alpha value is -3.65. The molecule has 38 heavy (non-hydrogen) atoms. The number of amides is 3. The summed E-state index contributed by atoms with van der Waals surface area (Å²) in [6.07, 6.45) is 6.45. The van der Waals surface area contributed by atoms with Gasteiger partial charge in [0.15, 0.2) is 5.78 Å². The number of piperidine rings is 1. The summed E-state index contributed by atoms with van der Waals surface area (Å²) in [4.78, 5) is 54.9. The summed E-state index contributed by atoms with van der Waals surface area (Å²) in [6, 6.07) is 14.6. The van der Waals surface area contributed by atoms with Gasteiger partial charge in [0, 0.05) is 35.8 Å². The number of thioether (sulfide) groups is 1. The minimum absolute atomic E-state index is 0.0889. The molecule has 0 bridgehead atoms. The van der Waals surface area contributed by atoms with Crippen LogP contribution in [0.5, 0.6) is 0 Å². The summed E-state index contributed by atoms with van der Waals surface area (Å²) >= 11 is 0.840. The molecule has 0 radical (unpaired) electrons. The molecule has 1 aromatic heterocycles. The standard InChI is InChI=1S/C30H31N3O4S/c1-3-21-10-7-11-24-23(17-32(28(21)24)19-27(35)31-14-12-20(2)13-15-31)16-26-29(36)33(30(37)38-26)18-25(34)22-8-5-4-6-9-22/h4-11,16-17,20H,3,12-15,18-19H2,1-2H3/b26-16-. The average Bonchev–Trinajstić information content (AvgIpc) is 3.41. The van der Waals surface area contributed by atoms with Crippen molar-refractivity contribution in [3.63, 3.8) is 0 Å². The van der Waals surface area contributed by atoms with Gasteiger partial charge in [0.1, 0.15) is 6.54 Å². The molecule has 2 aliphatic heterocycles. The van der Waals surface area contributed by atoms with Crippen molar-refractivity contribution >= 4 is 51.6 Å². The van der Waals surface area contributed by atoms with Crippen LogP contribution in [0.2, 0.25) is 0 Å². The Morgan fingerprint density at radius 2 is 1.74 bits per heavy atom. The Kier molecular flexibility index (Phi) is 7.51. The fourth-order valence-electron chi connectivity index (χ4n) is 5.13. The number of hydrogen-bond acceptors (Lipinski definition) is 5. The SMILES string of the molecule is CCc1cccc2c(/C=C3\SC(=O)N(CC(=O)c4ccccc4)C3=O)cn(CC(=O)N3CCC(C)CC3)c12. The Balaban J connectivity index is 1.42. The number of rotatable bonds is 7. The first kappa shape index (κ1) is 26.0. The number of ketones is 1. The molecule has 5 rings (SSSR count). The van der Waals surface area contributed by atoms with Crippen LogP contribution >= 0.6 is 11.8 Å². The van der Waals surface area contributed by atoms with Crippen molar-refractivity contribution in [1.82, 2.24) is 14.4 Å². The van der Waals surface area contributed by atoms with Crippen LogP contribution in [0.4, 0.5) is 4.79 Å². The second kappa shape index (κ2) is 11.0. The molecule has 2 aromatic carbocycles. The van der Waals surface area contributed by atoms with E-state index < -0.39 is 11.1 Å². The van der Waals surface area contributed by atoms with E-state index in [9.17, 15) is 19.2 Å². The molecule has 2 saturated heterocycles. The maximum atomic E-state index is 13.2. The van der Waals surface area contributed by atoms with Gasteiger partial charge in [-0.25, -0.2) is 0 Å². The number of fused-ring (bicyclic) bond motifs is 1. The van der Waals surface area contributed by atoms with E-state index >= 15 is 0 Å². The predicted octanol–water partition coefficient (Wildman–Crippen LogP) is 5.38. The number of aromatic nitrogens is 1. The van der Waals surface area contributed by atoms with E-state index in [0.29, 0.717) is 11.5 Å². The van der Waals surface area contributed by atoms with Crippen molar-refractivity contribution < 1.29 is 19.2 Å². The summed E-state index contributed by atoms with van der Waals surface area (Å²) in [5.41, 5.74) is 3.32. The predicted molar refractivity (Wildman–Crippen MR) is 150 cm³/mol. The van der Waals surface area contributed by atoms with Gasteiger partial charge in [-0.2, -0.15) is 0 Å². The largest absolute Gasteiger partial charge is 0.341 e. The van der Waals surface area contributed by atoms with Gasteiger partial charge in [-0.15, -0.1) is 0 Å². The summed E-state index contributed by atoms with van der Waals surface area (Å²) in [7, 11) is 0. The Morgan fingerprint density at radius 3 is 2.45 bits per heavy atom. The first-order valence-electron chi connectivity index (χ1n) is 13.1. The summed E-state index contributed by atoms with van der Waals surface area (Å²) in [5.74, 6) is -0.0339. The fraction of sp³-hybridized carbons (Fsp3) is 0.333. The van der Waals surface area contributed by atoms with Crippen LogP contribution in [0, 0.1) is 5.92 Å². The molecule has 0 spiro atoms. The molecule has 3 heterocycles. The zero-order chi connectivity index (χ0) is 26.8. The van der Waals surface area contributed by atoms with E-state index in [0.717, 1.165) is 71.0 Å². The molecular weight excluding hydrogens is 498 g/mol. The Labute approximate surface area is 226 Å². The van der Waals surface area contributed by atoms with Gasteiger partial charge in [-0.05, 0) is 48.6 Å². The van der Waals surface area contributed by atoms with Gasteiger partial charge in [0.25, 0.3) is 11.1 Å². The Bertz CT molecular complexity index is 1430. The number of para-hydroxylation sites is 1. The molecule has 7 nitrogen and oxygen atoms in total. The maximum absolute atomic E-state index is 13.2. The number of aryl methyl sites for hydroxylation is 1. The molecule has 0 unspecified atom stereocenters. The molecule has 0 atom stereocenters. The monoisotopic (exact) mass is 529 g/mol. The highest BCUT2D eigenvalue weighted by atomic mass is 32.2.